The van der Waals surface area contributed by atoms with Crippen LogP contribution in [0.4, 0.5) is 10.7 Å². The number of sulfone groups is 1. The first kappa shape index (κ1) is 24.8. The molecule has 0 aliphatic heterocycles. The minimum atomic E-state index is -3.78. The standard InChI is InChI=1S/C21H25N3O7S2/c1-31-9-5-8-22-20(26)18-16-6-3-4-7-17(16)32-21(18)23-19(25)13-10-14(24(27)28)12-15(11-13)33(2,29)30/h10-12H,3-9H2,1-2H3,(H,22,26)(H,23,25). The van der Waals surface area contributed by atoms with Crippen LogP contribution in [0, 0.1) is 10.1 Å². The molecule has 3 rings (SSSR count). The number of aryl methyl sites for hydroxylation is 1. The van der Waals surface area contributed by atoms with Crippen molar-refractivity contribution in [3.63, 3.8) is 0 Å². The number of nitro benzene ring substituents is 1. The molecule has 1 heterocycles. The summed E-state index contributed by atoms with van der Waals surface area (Å²) in [4.78, 5) is 37.1. The van der Waals surface area contributed by atoms with Crippen molar-refractivity contribution in [1.29, 1.82) is 0 Å². The molecular formula is C21H25N3O7S2. The van der Waals surface area contributed by atoms with Crippen molar-refractivity contribution in [2.45, 2.75) is 37.0 Å². The second-order valence-electron chi connectivity index (χ2n) is 7.72. The molecule has 1 aliphatic carbocycles. The fourth-order valence-corrected chi connectivity index (χ4v) is 5.57. The van der Waals surface area contributed by atoms with E-state index in [1.54, 1.807) is 7.11 Å². The zero-order valence-corrected chi connectivity index (χ0v) is 19.9. The van der Waals surface area contributed by atoms with Crippen LogP contribution in [0.5, 0.6) is 0 Å². The first-order valence-electron chi connectivity index (χ1n) is 10.3. The number of hydrogen-bond donors (Lipinski definition) is 2. The molecule has 12 heteroatoms. The molecule has 0 spiro atoms. The maximum absolute atomic E-state index is 13.0. The fraction of sp³-hybridized carbons (Fsp3) is 0.429. The van der Waals surface area contributed by atoms with Crippen LogP contribution in [0.25, 0.3) is 0 Å². The number of benzene rings is 1. The Morgan fingerprint density at radius 3 is 2.58 bits per heavy atom. The third-order valence-corrected chi connectivity index (χ3v) is 7.53. The molecule has 0 radical (unpaired) electrons. The average molecular weight is 496 g/mol. The molecular weight excluding hydrogens is 470 g/mol. The molecule has 1 aromatic carbocycles. The van der Waals surface area contributed by atoms with Gasteiger partial charge in [-0.3, -0.25) is 19.7 Å². The minimum Gasteiger partial charge on any atom is -0.385 e. The van der Waals surface area contributed by atoms with Gasteiger partial charge in [-0.1, -0.05) is 0 Å². The summed E-state index contributed by atoms with van der Waals surface area (Å²) in [7, 11) is -2.21. The lowest BCUT2D eigenvalue weighted by Crippen LogP contribution is -2.27. The Bertz CT molecular complexity index is 1190. The van der Waals surface area contributed by atoms with Crippen LogP contribution < -0.4 is 10.6 Å². The van der Waals surface area contributed by atoms with Gasteiger partial charge in [0.2, 0.25) is 0 Å². The summed E-state index contributed by atoms with van der Waals surface area (Å²) in [5, 5.41) is 17.1. The Morgan fingerprint density at radius 1 is 1.18 bits per heavy atom. The maximum atomic E-state index is 13.0. The molecule has 178 valence electrons. The van der Waals surface area contributed by atoms with Gasteiger partial charge in [0.25, 0.3) is 17.5 Å². The Hall–Kier alpha value is -2.83. The number of anilines is 1. The van der Waals surface area contributed by atoms with Crippen LogP contribution in [0.3, 0.4) is 0 Å². The summed E-state index contributed by atoms with van der Waals surface area (Å²) in [6, 6.07) is 3.02. The first-order valence-corrected chi connectivity index (χ1v) is 13.0. The number of carbonyl (C=O) groups excluding carboxylic acids is 2. The van der Waals surface area contributed by atoms with E-state index in [4.69, 9.17) is 4.74 Å². The molecule has 0 unspecified atom stereocenters. The lowest BCUT2D eigenvalue weighted by atomic mass is 9.95. The highest BCUT2D eigenvalue weighted by Crippen LogP contribution is 2.38. The summed E-state index contributed by atoms with van der Waals surface area (Å²) in [6.45, 7) is 0.911. The molecule has 2 aromatic rings. The van der Waals surface area contributed by atoms with Crippen LogP contribution in [-0.4, -0.2) is 51.7 Å². The zero-order chi connectivity index (χ0) is 24.2. The van der Waals surface area contributed by atoms with Gasteiger partial charge in [-0.15, -0.1) is 11.3 Å². The van der Waals surface area contributed by atoms with Gasteiger partial charge in [-0.25, -0.2) is 8.42 Å². The van der Waals surface area contributed by atoms with Gasteiger partial charge in [0.1, 0.15) is 5.00 Å². The van der Waals surface area contributed by atoms with Gasteiger partial charge < -0.3 is 15.4 Å². The molecule has 1 aliphatic rings. The summed E-state index contributed by atoms with van der Waals surface area (Å²) >= 11 is 1.31. The number of ether oxygens (including phenoxy) is 1. The Morgan fingerprint density at radius 2 is 1.91 bits per heavy atom. The lowest BCUT2D eigenvalue weighted by molar-refractivity contribution is -0.385. The van der Waals surface area contributed by atoms with Gasteiger partial charge in [0, 0.05) is 49.1 Å². The highest BCUT2D eigenvalue weighted by Gasteiger charge is 2.27. The predicted molar refractivity (Wildman–Crippen MR) is 124 cm³/mol. The van der Waals surface area contributed by atoms with Crippen molar-refractivity contribution in [3.05, 3.63) is 49.9 Å². The van der Waals surface area contributed by atoms with Gasteiger partial charge in [-0.05, 0) is 43.7 Å². The van der Waals surface area contributed by atoms with Crippen molar-refractivity contribution in [1.82, 2.24) is 5.32 Å². The lowest BCUT2D eigenvalue weighted by Gasteiger charge is -2.13. The van der Waals surface area contributed by atoms with Crippen LogP contribution in [0.2, 0.25) is 0 Å². The monoisotopic (exact) mass is 495 g/mol. The van der Waals surface area contributed by atoms with Gasteiger partial charge in [0.15, 0.2) is 9.84 Å². The number of nitrogens with one attached hydrogen (secondary N) is 2. The largest absolute Gasteiger partial charge is 0.385 e. The van der Waals surface area contributed by atoms with Crippen molar-refractivity contribution >= 4 is 43.7 Å². The number of non-ortho nitro benzene ring substituents is 1. The number of nitro groups is 1. The quantitative estimate of drug-likeness (QED) is 0.309. The van der Waals surface area contributed by atoms with Crippen LogP contribution in [0.15, 0.2) is 23.1 Å². The molecule has 0 fully saturated rings. The van der Waals surface area contributed by atoms with Gasteiger partial charge in [-0.2, -0.15) is 0 Å². The molecule has 0 saturated carbocycles. The molecule has 2 amide bonds. The number of methoxy groups -OCH3 is 1. The van der Waals surface area contributed by atoms with E-state index in [1.165, 1.54) is 11.3 Å². The summed E-state index contributed by atoms with van der Waals surface area (Å²) in [5.74, 6) is -1.03. The summed E-state index contributed by atoms with van der Waals surface area (Å²) in [5.41, 5.74) is 0.614. The summed E-state index contributed by atoms with van der Waals surface area (Å²) in [6.07, 6.45) is 4.99. The fourth-order valence-electron chi connectivity index (χ4n) is 3.61. The smallest absolute Gasteiger partial charge is 0.271 e. The number of carbonyl (C=O) groups is 2. The molecule has 2 N–H and O–H groups in total. The van der Waals surface area contributed by atoms with Crippen LogP contribution in [-0.2, 0) is 27.4 Å². The zero-order valence-electron chi connectivity index (χ0n) is 18.3. The predicted octanol–water partition coefficient (Wildman–Crippen LogP) is 2.96. The van der Waals surface area contributed by atoms with E-state index in [0.717, 1.165) is 60.6 Å². The molecule has 0 saturated heterocycles. The van der Waals surface area contributed by atoms with E-state index in [0.29, 0.717) is 30.1 Å². The van der Waals surface area contributed by atoms with Gasteiger partial charge >= 0.3 is 0 Å². The number of hydrogen-bond acceptors (Lipinski definition) is 8. The molecule has 0 bridgehead atoms. The highest BCUT2D eigenvalue weighted by atomic mass is 32.2. The van der Waals surface area contributed by atoms with Gasteiger partial charge in [0.05, 0.1) is 15.4 Å². The van der Waals surface area contributed by atoms with E-state index < -0.39 is 26.4 Å². The number of rotatable bonds is 9. The maximum Gasteiger partial charge on any atom is 0.271 e. The van der Waals surface area contributed by atoms with Crippen LogP contribution in [0.1, 0.15) is 50.4 Å². The van der Waals surface area contributed by atoms with E-state index in [9.17, 15) is 28.1 Å². The topological polar surface area (TPSA) is 145 Å². The minimum absolute atomic E-state index is 0.178. The molecule has 33 heavy (non-hydrogen) atoms. The molecule has 0 atom stereocenters. The number of amides is 2. The Kier molecular flexibility index (Phi) is 7.82. The third kappa shape index (κ3) is 5.95. The van der Waals surface area contributed by atoms with Crippen molar-refractivity contribution in [2.24, 2.45) is 0 Å². The van der Waals surface area contributed by atoms with Crippen molar-refractivity contribution < 1.29 is 27.7 Å². The second kappa shape index (κ2) is 10.4. The van der Waals surface area contributed by atoms with E-state index >= 15 is 0 Å². The SMILES string of the molecule is COCCCNC(=O)c1c(NC(=O)c2cc([N+](=O)[O-])cc(S(C)(=O)=O)c2)sc2c1CCCC2. The van der Waals surface area contributed by atoms with Crippen LogP contribution >= 0.6 is 11.3 Å². The summed E-state index contributed by atoms with van der Waals surface area (Å²) < 4.78 is 28.9. The Balaban J connectivity index is 1.94. The third-order valence-electron chi connectivity index (χ3n) is 5.23. The normalized spacial score (nSPS) is 13.3. The number of thiophene rings is 1. The molecule has 1 aromatic heterocycles. The van der Waals surface area contributed by atoms with Crippen molar-refractivity contribution in [3.8, 4) is 0 Å². The number of nitrogens with zero attached hydrogens (tertiary/aromatic N) is 1. The first-order chi connectivity index (χ1) is 15.6. The molecule has 10 nitrogen and oxygen atoms in total. The second-order valence-corrected chi connectivity index (χ2v) is 10.8. The van der Waals surface area contributed by atoms with E-state index in [-0.39, 0.29) is 16.4 Å². The van der Waals surface area contributed by atoms with Crippen molar-refractivity contribution in [2.75, 3.05) is 31.8 Å². The van der Waals surface area contributed by atoms with E-state index in [1.807, 2.05) is 0 Å². The number of fused-ring (bicyclic) bond motifs is 1. The Labute approximate surface area is 195 Å². The highest BCUT2D eigenvalue weighted by molar-refractivity contribution is 7.90. The van der Waals surface area contributed by atoms with E-state index in [2.05, 4.69) is 10.6 Å². The average Bonchev–Trinajstić information content (AvgIpc) is 3.13.